The summed E-state index contributed by atoms with van der Waals surface area (Å²) in [6.07, 6.45) is 6.78. The maximum Gasteiger partial charge on any atom is 0.317 e. The molecule has 2 amide bonds. The summed E-state index contributed by atoms with van der Waals surface area (Å²) in [4.78, 5) is 13.8. The second kappa shape index (κ2) is 4.84. The van der Waals surface area contributed by atoms with Gasteiger partial charge in [0.05, 0.1) is 0 Å². The molecule has 2 aliphatic rings. The lowest BCUT2D eigenvalue weighted by Crippen LogP contribution is -2.50. The molecule has 1 saturated carbocycles. The normalized spacial score (nSPS) is 31.7. The zero-order chi connectivity index (χ0) is 10.7. The topological polar surface area (TPSA) is 58.4 Å². The molecule has 2 fully saturated rings. The van der Waals surface area contributed by atoms with E-state index in [9.17, 15) is 4.79 Å². The fourth-order valence-electron chi connectivity index (χ4n) is 2.51. The first-order valence-corrected chi connectivity index (χ1v) is 6.08. The number of rotatable bonds is 1. The van der Waals surface area contributed by atoms with Gasteiger partial charge in [0.25, 0.3) is 0 Å². The quantitative estimate of drug-likeness (QED) is 0.681. The second-order valence-corrected chi connectivity index (χ2v) is 4.70. The Bertz CT molecular complexity index is 226. The van der Waals surface area contributed by atoms with Crippen LogP contribution in [0.2, 0.25) is 0 Å². The molecule has 0 radical (unpaired) electrons. The monoisotopic (exact) mass is 211 g/mol. The van der Waals surface area contributed by atoms with Gasteiger partial charge in [0, 0.05) is 25.2 Å². The molecule has 4 nitrogen and oxygen atoms in total. The third-order valence-corrected chi connectivity index (χ3v) is 3.52. The lowest BCUT2D eigenvalue weighted by atomic mass is 10.1. The van der Waals surface area contributed by atoms with E-state index < -0.39 is 0 Å². The molecule has 0 bridgehead atoms. The summed E-state index contributed by atoms with van der Waals surface area (Å²) < 4.78 is 0. The summed E-state index contributed by atoms with van der Waals surface area (Å²) in [6.45, 7) is 1.82. The number of nitrogens with one attached hydrogen (secondary N) is 1. The summed E-state index contributed by atoms with van der Waals surface area (Å²) in [5.41, 5.74) is 5.92. The van der Waals surface area contributed by atoms with E-state index in [0.717, 1.165) is 45.2 Å². The number of hydrogen-bond donors (Lipinski definition) is 2. The van der Waals surface area contributed by atoms with Crippen LogP contribution >= 0.6 is 0 Å². The minimum absolute atomic E-state index is 0.0945. The van der Waals surface area contributed by atoms with Gasteiger partial charge in [0.15, 0.2) is 0 Å². The average molecular weight is 211 g/mol. The van der Waals surface area contributed by atoms with Crippen molar-refractivity contribution in [3.8, 4) is 0 Å². The Morgan fingerprint density at radius 2 is 1.87 bits per heavy atom. The minimum Gasteiger partial charge on any atom is -0.334 e. The summed E-state index contributed by atoms with van der Waals surface area (Å²) >= 11 is 0. The second-order valence-electron chi connectivity index (χ2n) is 4.70. The van der Waals surface area contributed by atoms with Gasteiger partial charge in [-0.2, -0.15) is 0 Å². The molecule has 3 N–H and O–H groups in total. The first kappa shape index (κ1) is 10.7. The van der Waals surface area contributed by atoms with Crippen LogP contribution in [0.4, 0.5) is 4.79 Å². The van der Waals surface area contributed by atoms with Gasteiger partial charge >= 0.3 is 6.03 Å². The molecule has 15 heavy (non-hydrogen) atoms. The molecule has 86 valence electrons. The highest BCUT2D eigenvalue weighted by atomic mass is 16.2. The largest absolute Gasteiger partial charge is 0.334 e. The number of hydrogen-bond acceptors (Lipinski definition) is 2. The Balaban J connectivity index is 1.80. The van der Waals surface area contributed by atoms with E-state index in [1.807, 2.05) is 4.90 Å². The van der Waals surface area contributed by atoms with Crippen LogP contribution < -0.4 is 11.1 Å². The van der Waals surface area contributed by atoms with Crippen LogP contribution in [0.3, 0.4) is 0 Å². The third kappa shape index (κ3) is 2.62. The number of nitrogens with zero attached hydrogens (tertiary/aromatic N) is 1. The smallest absolute Gasteiger partial charge is 0.317 e. The maximum atomic E-state index is 11.9. The zero-order valence-electron chi connectivity index (χ0n) is 9.24. The predicted molar refractivity (Wildman–Crippen MR) is 59.6 cm³/mol. The van der Waals surface area contributed by atoms with Crippen molar-refractivity contribution in [3.63, 3.8) is 0 Å². The molecule has 2 unspecified atom stereocenters. The van der Waals surface area contributed by atoms with Crippen LogP contribution in [-0.2, 0) is 0 Å². The summed E-state index contributed by atoms with van der Waals surface area (Å²) in [5.74, 6) is 0. The molecule has 0 aromatic heterocycles. The van der Waals surface area contributed by atoms with Gasteiger partial charge in [-0.05, 0) is 38.5 Å². The van der Waals surface area contributed by atoms with E-state index in [2.05, 4.69) is 5.32 Å². The molecular weight excluding hydrogens is 190 g/mol. The van der Waals surface area contributed by atoms with Crippen LogP contribution in [0.25, 0.3) is 0 Å². The van der Waals surface area contributed by atoms with Crippen molar-refractivity contribution in [2.45, 2.75) is 50.6 Å². The van der Waals surface area contributed by atoms with Crippen molar-refractivity contribution in [2.24, 2.45) is 5.73 Å². The SMILES string of the molecule is NC1CCCC1NC(=O)N1CCCCC1. The maximum absolute atomic E-state index is 11.9. The van der Waals surface area contributed by atoms with Crippen molar-refractivity contribution in [1.82, 2.24) is 10.2 Å². The molecule has 2 rings (SSSR count). The molecule has 1 saturated heterocycles. The summed E-state index contributed by atoms with van der Waals surface area (Å²) in [6, 6.07) is 0.468. The van der Waals surface area contributed by atoms with E-state index >= 15 is 0 Å². The van der Waals surface area contributed by atoms with Crippen LogP contribution in [0, 0.1) is 0 Å². The van der Waals surface area contributed by atoms with Crippen LogP contribution in [0.1, 0.15) is 38.5 Å². The zero-order valence-corrected chi connectivity index (χ0v) is 9.24. The molecular formula is C11H21N3O. The highest BCUT2D eigenvalue weighted by Crippen LogP contribution is 2.17. The molecule has 2 atom stereocenters. The van der Waals surface area contributed by atoms with E-state index in [4.69, 9.17) is 5.73 Å². The Hall–Kier alpha value is -0.770. The number of urea groups is 1. The standard InChI is InChI=1S/C11H21N3O/c12-9-5-4-6-10(9)13-11(15)14-7-2-1-3-8-14/h9-10H,1-8,12H2,(H,13,15). The Labute approximate surface area is 91.2 Å². The summed E-state index contributed by atoms with van der Waals surface area (Å²) in [7, 11) is 0. The van der Waals surface area contributed by atoms with Crippen LogP contribution in [0.15, 0.2) is 0 Å². The van der Waals surface area contributed by atoms with Crippen LogP contribution in [0.5, 0.6) is 0 Å². The molecule has 1 heterocycles. The van der Waals surface area contributed by atoms with Crippen molar-refractivity contribution in [1.29, 1.82) is 0 Å². The van der Waals surface area contributed by atoms with Gasteiger partial charge in [-0.25, -0.2) is 4.79 Å². The van der Waals surface area contributed by atoms with Crippen molar-refractivity contribution in [3.05, 3.63) is 0 Å². The van der Waals surface area contributed by atoms with E-state index in [-0.39, 0.29) is 18.1 Å². The highest BCUT2D eigenvalue weighted by Gasteiger charge is 2.27. The van der Waals surface area contributed by atoms with Gasteiger partial charge in [-0.3, -0.25) is 0 Å². The predicted octanol–water partition coefficient (Wildman–Crippen LogP) is 1.06. The number of likely N-dealkylation sites (tertiary alicyclic amines) is 1. The van der Waals surface area contributed by atoms with Gasteiger partial charge in [0.2, 0.25) is 0 Å². The van der Waals surface area contributed by atoms with Gasteiger partial charge in [-0.1, -0.05) is 0 Å². The van der Waals surface area contributed by atoms with Crippen LogP contribution in [-0.4, -0.2) is 36.1 Å². The first-order valence-electron chi connectivity index (χ1n) is 6.08. The Morgan fingerprint density at radius 3 is 2.47 bits per heavy atom. The molecule has 1 aliphatic carbocycles. The molecule has 0 spiro atoms. The van der Waals surface area contributed by atoms with Gasteiger partial charge < -0.3 is 16.0 Å². The van der Waals surface area contributed by atoms with Gasteiger partial charge in [0.1, 0.15) is 0 Å². The summed E-state index contributed by atoms with van der Waals surface area (Å²) in [5, 5.41) is 3.06. The van der Waals surface area contributed by atoms with Crippen molar-refractivity contribution < 1.29 is 4.79 Å². The van der Waals surface area contributed by atoms with Crippen molar-refractivity contribution in [2.75, 3.05) is 13.1 Å². The lowest BCUT2D eigenvalue weighted by molar-refractivity contribution is 0.181. The Kier molecular flexibility index (Phi) is 3.46. The molecule has 1 aliphatic heterocycles. The molecule has 0 aromatic rings. The number of amides is 2. The fourth-order valence-corrected chi connectivity index (χ4v) is 2.51. The van der Waals surface area contributed by atoms with E-state index in [1.165, 1.54) is 6.42 Å². The number of nitrogens with two attached hydrogens (primary N) is 1. The Morgan fingerprint density at radius 1 is 1.13 bits per heavy atom. The van der Waals surface area contributed by atoms with E-state index in [1.54, 1.807) is 0 Å². The fraction of sp³-hybridized carbons (Fsp3) is 0.909. The number of carbonyl (C=O) groups is 1. The molecule has 4 heteroatoms. The molecule has 0 aromatic carbocycles. The van der Waals surface area contributed by atoms with Crippen molar-refractivity contribution >= 4 is 6.03 Å². The first-order chi connectivity index (χ1) is 7.27. The number of piperidine rings is 1. The average Bonchev–Trinajstić information content (AvgIpc) is 2.66. The highest BCUT2D eigenvalue weighted by molar-refractivity contribution is 5.74. The minimum atomic E-state index is 0.0945. The van der Waals surface area contributed by atoms with E-state index in [0.29, 0.717) is 0 Å². The third-order valence-electron chi connectivity index (χ3n) is 3.52. The lowest BCUT2D eigenvalue weighted by Gasteiger charge is -2.29. The number of carbonyl (C=O) groups excluding carboxylic acids is 1. The van der Waals surface area contributed by atoms with Gasteiger partial charge in [-0.15, -0.1) is 0 Å².